The molecule has 1 amide bonds. The molecule has 2 aromatic rings. The number of carbonyl (C=O) groups excluding carboxylic acids is 1. The average molecular weight is 369 g/mol. The predicted molar refractivity (Wildman–Crippen MR) is 108 cm³/mol. The van der Waals surface area contributed by atoms with Gasteiger partial charge in [0.25, 0.3) is 5.91 Å². The van der Waals surface area contributed by atoms with E-state index in [1.54, 1.807) is 6.07 Å². The molecule has 1 aliphatic rings. The molecule has 4 nitrogen and oxygen atoms in total. The number of carbonyl (C=O) groups is 1. The van der Waals surface area contributed by atoms with E-state index < -0.39 is 0 Å². The molecule has 0 unspecified atom stereocenters. The summed E-state index contributed by atoms with van der Waals surface area (Å²) in [5.74, 6) is 0.373. The van der Waals surface area contributed by atoms with Crippen molar-refractivity contribution in [2.75, 3.05) is 19.7 Å². The number of nitrogens with one attached hydrogen (secondary N) is 1. The van der Waals surface area contributed by atoms with Gasteiger partial charge in [0.2, 0.25) is 0 Å². The maximum absolute atomic E-state index is 12.6. The first-order valence-electron chi connectivity index (χ1n) is 9.10. The number of hydrogen-bond acceptors (Lipinski definition) is 3. The Bertz CT molecular complexity index is 743. The number of hydrogen-bond donors (Lipinski definition) is 1. The van der Waals surface area contributed by atoms with Crippen LogP contribution in [0.25, 0.3) is 0 Å². The summed E-state index contributed by atoms with van der Waals surface area (Å²) in [5, 5.41) is 3.36. The largest absolute Gasteiger partial charge is 0.492 e. The summed E-state index contributed by atoms with van der Waals surface area (Å²) in [7, 11) is 0. The van der Waals surface area contributed by atoms with Crippen LogP contribution in [0.5, 0.6) is 5.75 Å². The van der Waals surface area contributed by atoms with Crippen molar-refractivity contribution in [2.45, 2.75) is 25.7 Å². The van der Waals surface area contributed by atoms with Crippen LogP contribution >= 0.6 is 12.2 Å². The number of para-hydroxylation sites is 1. The van der Waals surface area contributed by atoms with Crippen LogP contribution in [0, 0.1) is 0 Å². The number of ether oxygens (including phenoxy) is 1. The van der Waals surface area contributed by atoms with Crippen LogP contribution in [0.3, 0.4) is 0 Å². The summed E-state index contributed by atoms with van der Waals surface area (Å²) in [6.07, 6.45) is 4.26. The Hall–Kier alpha value is -2.40. The third kappa shape index (κ3) is 5.05. The van der Waals surface area contributed by atoms with Crippen molar-refractivity contribution in [3.05, 3.63) is 65.7 Å². The molecule has 1 saturated heterocycles. The molecule has 0 radical (unpaired) electrons. The smallest absolute Gasteiger partial charge is 0.261 e. The van der Waals surface area contributed by atoms with Crippen molar-refractivity contribution >= 4 is 23.2 Å². The number of nitrogens with zero attached hydrogens (tertiary/aromatic N) is 1. The molecule has 1 N–H and O–H groups in total. The Morgan fingerprint density at radius 2 is 1.69 bits per heavy atom. The molecule has 0 atom stereocenters. The minimum Gasteiger partial charge on any atom is -0.492 e. The van der Waals surface area contributed by atoms with E-state index >= 15 is 0 Å². The van der Waals surface area contributed by atoms with Crippen molar-refractivity contribution in [3.63, 3.8) is 0 Å². The molecule has 1 fully saturated rings. The van der Waals surface area contributed by atoms with Crippen molar-refractivity contribution in [1.29, 1.82) is 0 Å². The average Bonchev–Trinajstić information content (AvgIpc) is 2.70. The minimum atomic E-state index is -0.212. The van der Waals surface area contributed by atoms with E-state index in [1.807, 2.05) is 36.4 Å². The molecule has 3 rings (SSSR count). The van der Waals surface area contributed by atoms with Crippen LogP contribution in [0.1, 0.15) is 35.2 Å². The van der Waals surface area contributed by atoms with Crippen LogP contribution in [0.15, 0.2) is 54.6 Å². The van der Waals surface area contributed by atoms with Gasteiger partial charge in [-0.1, -0.05) is 42.5 Å². The highest BCUT2D eigenvalue weighted by Crippen LogP contribution is 2.18. The predicted octanol–water partition coefficient (Wildman–Crippen LogP) is 3.81. The normalized spacial score (nSPS) is 13.9. The molecular weight excluding hydrogens is 344 g/mol. The fourth-order valence-electron chi connectivity index (χ4n) is 3.04. The molecule has 26 heavy (non-hydrogen) atoms. The third-order valence-corrected chi connectivity index (χ3v) is 4.85. The Kier molecular flexibility index (Phi) is 6.61. The van der Waals surface area contributed by atoms with Crippen molar-refractivity contribution < 1.29 is 9.53 Å². The van der Waals surface area contributed by atoms with Gasteiger partial charge in [-0.3, -0.25) is 10.1 Å². The summed E-state index contributed by atoms with van der Waals surface area (Å²) in [6.45, 7) is 2.34. The molecule has 2 aromatic carbocycles. The zero-order chi connectivity index (χ0) is 18.2. The second-order valence-electron chi connectivity index (χ2n) is 6.39. The van der Waals surface area contributed by atoms with Crippen molar-refractivity contribution in [2.24, 2.45) is 0 Å². The standard InChI is InChI=1S/C21H24N2O2S/c24-20(22-21(26)23-14-7-2-8-15-23)18-11-5-6-12-19(18)25-16-13-17-9-3-1-4-10-17/h1,3-6,9-12H,2,7-8,13-16H2,(H,22,24,26). The minimum absolute atomic E-state index is 0.212. The van der Waals surface area contributed by atoms with Gasteiger partial charge in [0, 0.05) is 19.5 Å². The van der Waals surface area contributed by atoms with Crippen molar-refractivity contribution in [1.82, 2.24) is 10.2 Å². The number of piperidine rings is 1. The van der Waals surface area contributed by atoms with Crippen LogP contribution in [-0.2, 0) is 6.42 Å². The topological polar surface area (TPSA) is 41.6 Å². The van der Waals surface area contributed by atoms with Gasteiger partial charge in [0.1, 0.15) is 5.75 Å². The second kappa shape index (κ2) is 9.34. The van der Waals surface area contributed by atoms with E-state index in [-0.39, 0.29) is 5.91 Å². The Labute approximate surface area is 160 Å². The fraction of sp³-hybridized carbons (Fsp3) is 0.333. The molecule has 0 aromatic heterocycles. The monoisotopic (exact) mass is 368 g/mol. The van der Waals surface area contributed by atoms with Gasteiger partial charge in [-0.05, 0) is 49.2 Å². The summed E-state index contributed by atoms with van der Waals surface area (Å²) in [5.41, 5.74) is 1.72. The first-order chi connectivity index (χ1) is 12.7. The molecule has 136 valence electrons. The summed E-state index contributed by atoms with van der Waals surface area (Å²) < 4.78 is 5.87. The molecular formula is C21H24N2O2S. The zero-order valence-corrected chi connectivity index (χ0v) is 15.6. The molecule has 0 aliphatic carbocycles. The van der Waals surface area contributed by atoms with E-state index in [0.29, 0.717) is 23.0 Å². The van der Waals surface area contributed by atoms with Gasteiger partial charge in [-0.25, -0.2) is 0 Å². The maximum Gasteiger partial charge on any atom is 0.261 e. The SMILES string of the molecule is O=C(NC(=S)N1CCCCC1)c1ccccc1OCCc1ccccc1. The van der Waals surface area contributed by atoms with Crippen LogP contribution < -0.4 is 10.1 Å². The highest BCUT2D eigenvalue weighted by atomic mass is 32.1. The highest BCUT2D eigenvalue weighted by Gasteiger charge is 2.18. The van der Waals surface area contributed by atoms with Gasteiger partial charge in [0.05, 0.1) is 12.2 Å². The van der Waals surface area contributed by atoms with Gasteiger partial charge < -0.3 is 9.64 Å². The Balaban J connectivity index is 1.58. The number of benzene rings is 2. The number of amides is 1. The summed E-state index contributed by atoms with van der Waals surface area (Å²) >= 11 is 5.40. The highest BCUT2D eigenvalue weighted by molar-refractivity contribution is 7.80. The van der Waals surface area contributed by atoms with E-state index in [9.17, 15) is 4.79 Å². The molecule has 0 bridgehead atoms. The lowest BCUT2D eigenvalue weighted by Crippen LogP contribution is -2.45. The van der Waals surface area contributed by atoms with Gasteiger partial charge >= 0.3 is 0 Å². The van der Waals surface area contributed by atoms with Gasteiger partial charge in [-0.15, -0.1) is 0 Å². The Morgan fingerprint density at radius 3 is 2.46 bits per heavy atom. The van der Waals surface area contributed by atoms with E-state index in [2.05, 4.69) is 22.3 Å². The lowest BCUT2D eigenvalue weighted by atomic mass is 10.1. The van der Waals surface area contributed by atoms with Crippen LogP contribution in [-0.4, -0.2) is 35.6 Å². The Morgan fingerprint density at radius 1 is 1.00 bits per heavy atom. The van der Waals surface area contributed by atoms with Crippen LogP contribution in [0.2, 0.25) is 0 Å². The zero-order valence-electron chi connectivity index (χ0n) is 14.8. The van der Waals surface area contributed by atoms with Crippen LogP contribution in [0.4, 0.5) is 0 Å². The summed E-state index contributed by atoms with van der Waals surface area (Å²) in [4.78, 5) is 14.7. The van der Waals surface area contributed by atoms with Gasteiger partial charge in [0.15, 0.2) is 5.11 Å². The molecule has 5 heteroatoms. The molecule has 1 aliphatic heterocycles. The first kappa shape index (κ1) is 18.4. The molecule has 0 spiro atoms. The first-order valence-corrected chi connectivity index (χ1v) is 9.51. The number of likely N-dealkylation sites (tertiary alicyclic amines) is 1. The fourth-order valence-corrected chi connectivity index (χ4v) is 3.32. The lowest BCUT2D eigenvalue weighted by molar-refractivity contribution is 0.0968. The maximum atomic E-state index is 12.6. The van der Waals surface area contributed by atoms with E-state index in [1.165, 1.54) is 12.0 Å². The molecule has 1 heterocycles. The van der Waals surface area contributed by atoms with E-state index in [0.717, 1.165) is 32.4 Å². The lowest BCUT2D eigenvalue weighted by Gasteiger charge is -2.29. The quantitative estimate of drug-likeness (QED) is 0.815. The number of thiocarbonyl (C=S) groups is 1. The van der Waals surface area contributed by atoms with E-state index in [4.69, 9.17) is 17.0 Å². The number of rotatable bonds is 5. The summed E-state index contributed by atoms with van der Waals surface area (Å²) in [6, 6.07) is 17.5. The van der Waals surface area contributed by atoms with Crippen molar-refractivity contribution in [3.8, 4) is 5.75 Å². The third-order valence-electron chi connectivity index (χ3n) is 4.49. The second-order valence-corrected chi connectivity index (χ2v) is 6.77. The molecule has 0 saturated carbocycles. The van der Waals surface area contributed by atoms with Gasteiger partial charge in [-0.2, -0.15) is 0 Å².